The molecule has 0 atom stereocenters. The number of ether oxygens (including phenoxy) is 1. The number of carbonyl (C=O) groups is 1. The van der Waals surface area contributed by atoms with Gasteiger partial charge in [0.05, 0.1) is 12.2 Å². The molecule has 0 unspecified atom stereocenters. The van der Waals surface area contributed by atoms with Gasteiger partial charge < -0.3 is 10.1 Å². The molecule has 0 saturated heterocycles. The van der Waals surface area contributed by atoms with Crippen molar-refractivity contribution in [3.05, 3.63) is 57.7 Å². The van der Waals surface area contributed by atoms with E-state index in [-0.39, 0.29) is 5.91 Å². The second kappa shape index (κ2) is 8.02. The average Bonchev–Trinajstić information content (AvgIpc) is 2.49. The molecule has 2 aromatic carbocycles. The van der Waals surface area contributed by atoms with Crippen molar-refractivity contribution >= 4 is 34.2 Å². The third-order valence-electron chi connectivity index (χ3n) is 3.00. The van der Waals surface area contributed by atoms with Crippen LogP contribution in [0.3, 0.4) is 0 Å². The van der Waals surface area contributed by atoms with Crippen molar-refractivity contribution in [3.8, 4) is 5.75 Å². The van der Waals surface area contributed by atoms with Crippen LogP contribution < -0.4 is 10.1 Å². The first-order chi connectivity index (χ1) is 10.2. The van der Waals surface area contributed by atoms with Crippen molar-refractivity contribution < 1.29 is 9.53 Å². The van der Waals surface area contributed by atoms with E-state index in [4.69, 9.17) is 4.74 Å². The molecule has 0 radical (unpaired) electrons. The van der Waals surface area contributed by atoms with E-state index in [0.717, 1.165) is 34.5 Å². The largest absolute Gasteiger partial charge is 0.494 e. The van der Waals surface area contributed by atoms with E-state index in [1.54, 1.807) is 0 Å². The molecule has 4 heteroatoms. The van der Waals surface area contributed by atoms with Gasteiger partial charge in [-0.3, -0.25) is 4.79 Å². The normalized spacial score (nSPS) is 10.2. The molecule has 0 aliphatic heterocycles. The minimum absolute atomic E-state index is 0.0975. The van der Waals surface area contributed by atoms with Gasteiger partial charge in [-0.1, -0.05) is 25.5 Å². The number of rotatable bonds is 6. The molecule has 0 heterocycles. The predicted octanol–water partition coefficient (Wildman–Crippen LogP) is 4.72. The van der Waals surface area contributed by atoms with Crippen LogP contribution in [0.15, 0.2) is 48.5 Å². The highest BCUT2D eigenvalue weighted by Gasteiger charge is 2.09. The number of hydrogen-bond donors (Lipinski definition) is 1. The summed E-state index contributed by atoms with van der Waals surface area (Å²) < 4.78 is 6.53. The Labute approximate surface area is 138 Å². The Morgan fingerprint density at radius 2 is 1.86 bits per heavy atom. The second-order valence-electron chi connectivity index (χ2n) is 4.66. The Kier molecular flexibility index (Phi) is 6.04. The fourth-order valence-electron chi connectivity index (χ4n) is 1.81. The molecule has 3 nitrogen and oxygen atoms in total. The molecular weight excluding hydrogens is 377 g/mol. The number of benzene rings is 2. The van der Waals surface area contributed by atoms with Gasteiger partial charge in [-0.25, -0.2) is 0 Å². The first-order valence-electron chi connectivity index (χ1n) is 6.99. The molecule has 2 rings (SSSR count). The molecule has 110 valence electrons. The average molecular weight is 395 g/mol. The van der Waals surface area contributed by atoms with Gasteiger partial charge in [0.1, 0.15) is 5.75 Å². The highest BCUT2D eigenvalue weighted by atomic mass is 127. The zero-order valence-electron chi connectivity index (χ0n) is 11.9. The quantitative estimate of drug-likeness (QED) is 0.568. The van der Waals surface area contributed by atoms with Crippen LogP contribution in [0.4, 0.5) is 5.69 Å². The molecule has 21 heavy (non-hydrogen) atoms. The van der Waals surface area contributed by atoms with Crippen molar-refractivity contribution in [1.29, 1.82) is 0 Å². The summed E-state index contributed by atoms with van der Waals surface area (Å²) in [6.45, 7) is 2.86. The molecule has 1 amide bonds. The van der Waals surface area contributed by atoms with Gasteiger partial charge in [0.2, 0.25) is 0 Å². The molecule has 0 aromatic heterocycles. The van der Waals surface area contributed by atoms with E-state index in [1.807, 2.05) is 48.5 Å². The van der Waals surface area contributed by atoms with Crippen LogP contribution in [0.25, 0.3) is 0 Å². The van der Waals surface area contributed by atoms with Gasteiger partial charge in [0.15, 0.2) is 0 Å². The maximum atomic E-state index is 12.2. The Hall–Kier alpha value is -1.56. The highest BCUT2D eigenvalue weighted by Crippen LogP contribution is 2.18. The minimum atomic E-state index is -0.0975. The van der Waals surface area contributed by atoms with Crippen LogP contribution in [-0.2, 0) is 0 Å². The first kappa shape index (κ1) is 15.8. The van der Waals surface area contributed by atoms with Crippen molar-refractivity contribution in [2.45, 2.75) is 19.8 Å². The molecule has 0 saturated carbocycles. The lowest BCUT2D eigenvalue weighted by atomic mass is 10.2. The van der Waals surface area contributed by atoms with Crippen molar-refractivity contribution in [3.63, 3.8) is 0 Å². The third-order valence-corrected chi connectivity index (χ3v) is 3.94. The number of hydrogen-bond acceptors (Lipinski definition) is 2. The van der Waals surface area contributed by atoms with E-state index in [0.29, 0.717) is 5.56 Å². The fraction of sp³-hybridized carbons (Fsp3) is 0.235. The smallest absolute Gasteiger partial charge is 0.256 e. The van der Waals surface area contributed by atoms with Crippen molar-refractivity contribution in [2.75, 3.05) is 11.9 Å². The van der Waals surface area contributed by atoms with E-state index in [2.05, 4.69) is 34.8 Å². The highest BCUT2D eigenvalue weighted by molar-refractivity contribution is 14.1. The summed E-state index contributed by atoms with van der Waals surface area (Å²) in [5.41, 5.74) is 1.45. The lowest BCUT2D eigenvalue weighted by Crippen LogP contribution is -2.13. The number of anilines is 1. The third kappa shape index (κ3) is 4.74. The Morgan fingerprint density at radius 1 is 1.14 bits per heavy atom. The van der Waals surface area contributed by atoms with Gasteiger partial charge in [-0.2, -0.15) is 0 Å². The van der Waals surface area contributed by atoms with Crippen LogP contribution in [-0.4, -0.2) is 12.5 Å². The summed E-state index contributed by atoms with van der Waals surface area (Å²) in [6, 6.07) is 15.0. The van der Waals surface area contributed by atoms with E-state index < -0.39 is 0 Å². The molecule has 2 aromatic rings. The van der Waals surface area contributed by atoms with Gasteiger partial charge in [0, 0.05) is 9.26 Å². The van der Waals surface area contributed by atoms with Crippen molar-refractivity contribution in [2.24, 2.45) is 0 Å². The minimum Gasteiger partial charge on any atom is -0.494 e. The zero-order chi connectivity index (χ0) is 15.1. The van der Waals surface area contributed by atoms with Gasteiger partial charge in [-0.05, 0) is 65.4 Å². The number of unbranched alkanes of at least 4 members (excludes halogenated alkanes) is 1. The number of nitrogens with one attached hydrogen (secondary N) is 1. The summed E-state index contributed by atoms with van der Waals surface area (Å²) in [4.78, 5) is 12.2. The molecule has 1 N–H and O–H groups in total. The summed E-state index contributed by atoms with van der Waals surface area (Å²) >= 11 is 2.16. The van der Waals surface area contributed by atoms with Crippen LogP contribution in [0.5, 0.6) is 5.75 Å². The molecule has 0 bridgehead atoms. The zero-order valence-corrected chi connectivity index (χ0v) is 14.1. The number of halogens is 1. The Balaban J connectivity index is 1.97. The van der Waals surface area contributed by atoms with Gasteiger partial charge >= 0.3 is 0 Å². The lowest BCUT2D eigenvalue weighted by molar-refractivity contribution is 0.102. The predicted molar refractivity (Wildman–Crippen MR) is 94.0 cm³/mol. The van der Waals surface area contributed by atoms with Crippen LogP contribution >= 0.6 is 22.6 Å². The molecule has 0 aliphatic carbocycles. The summed E-state index contributed by atoms with van der Waals surface area (Å²) in [6.07, 6.45) is 2.16. The molecule has 0 spiro atoms. The van der Waals surface area contributed by atoms with Gasteiger partial charge in [-0.15, -0.1) is 0 Å². The van der Waals surface area contributed by atoms with Crippen molar-refractivity contribution in [1.82, 2.24) is 0 Å². The summed E-state index contributed by atoms with van der Waals surface area (Å²) in [5.74, 6) is 0.732. The maximum absolute atomic E-state index is 12.2. The summed E-state index contributed by atoms with van der Waals surface area (Å²) in [7, 11) is 0. The second-order valence-corrected chi connectivity index (χ2v) is 5.82. The fourth-order valence-corrected chi connectivity index (χ4v) is 2.44. The monoisotopic (exact) mass is 395 g/mol. The molecule has 0 aliphatic rings. The standard InChI is InChI=1S/C17H18INO2/c1-2-3-12-21-14-10-8-13(9-11-14)19-17(20)15-6-4-5-7-16(15)18/h4-11H,2-3,12H2,1H3,(H,19,20). The number of carbonyl (C=O) groups excluding carboxylic acids is 1. The van der Waals surface area contributed by atoms with E-state index in [9.17, 15) is 4.79 Å². The van der Waals surface area contributed by atoms with Gasteiger partial charge in [0.25, 0.3) is 5.91 Å². The maximum Gasteiger partial charge on any atom is 0.256 e. The van der Waals surface area contributed by atoms with E-state index >= 15 is 0 Å². The number of amides is 1. The lowest BCUT2D eigenvalue weighted by Gasteiger charge is -2.09. The topological polar surface area (TPSA) is 38.3 Å². The first-order valence-corrected chi connectivity index (χ1v) is 8.07. The van der Waals surface area contributed by atoms with Crippen LogP contribution in [0, 0.1) is 3.57 Å². The summed E-state index contributed by atoms with van der Waals surface area (Å²) in [5, 5.41) is 2.89. The van der Waals surface area contributed by atoms with Crippen LogP contribution in [0.2, 0.25) is 0 Å². The van der Waals surface area contributed by atoms with E-state index in [1.165, 1.54) is 0 Å². The van der Waals surface area contributed by atoms with Crippen LogP contribution in [0.1, 0.15) is 30.1 Å². The SMILES string of the molecule is CCCCOc1ccc(NC(=O)c2ccccc2I)cc1. The Bertz CT molecular complexity index is 596. The Morgan fingerprint density at radius 3 is 2.52 bits per heavy atom. The molecule has 0 fully saturated rings. The molecular formula is C17H18INO2.